The van der Waals surface area contributed by atoms with Crippen molar-refractivity contribution in [2.45, 2.75) is 52.6 Å². The van der Waals surface area contributed by atoms with Gasteiger partial charge in [0.2, 0.25) is 5.95 Å². The van der Waals surface area contributed by atoms with Gasteiger partial charge in [0.15, 0.2) is 0 Å². The molecule has 1 fully saturated rings. The number of amides is 2. The van der Waals surface area contributed by atoms with Crippen LogP contribution in [0.5, 0.6) is 0 Å². The quantitative estimate of drug-likeness (QED) is 0.336. The molecule has 0 unspecified atom stereocenters. The van der Waals surface area contributed by atoms with Gasteiger partial charge in [0.05, 0.1) is 26.8 Å². The lowest BCUT2D eigenvalue weighted by Gasteiger charge is -2.26. The molecule has 188 valence electrons. The van der Waals surface area contributed by atoms with Crippen LogP contribution < -0.4 is 5.32 Å². The summed E-state index contributed by atoms with van der Waals surface area (Å²) in [5, 5.41) is 12.4. The van der Waals surface area contributed by atoms with E-state index in [0.29, 0.717) is 18.6 Å². The molecule has 1 aromatic carbocycles. The molecule has 0 radical (unpaired) electrons. The number of aromatic nitrogens is 2. The second kappa shape index (κ2) is 10.2. The highest BCUT2D eigenvalue weighted by atomic mass is 32.1. The topological polar surface area (TPSA) is 91.0 Å². The highest BCUT2D eigenvalue weighted by Crippen LogP contribution is 2.30. The molecule has 1 aliphatic heterocycles. The molecule has 2 amide bonds. The zero-order chi connectivity index (χ0) is 26.0. The van der Waals surface area contributed by atoms with Gasteiger partial charge in [-0.25, -0.2) is 13.8 Å². The second-order valence-corrected chi connectivity index (χ2v) is 10.9. The summed E-state index contributed by atoms with van der Waals surface area (Å²) in [5.74, 6) is -0.552. The first-order valence-electron chi connectivity index (χ1n) is 11.7. The number of carbonyl (C=O) groups excluding carboxylic acids is 2. The molecule has 1 saturated heterocycles. The standard InChI is InChI=1S/C26H27F2N5O2S/c1-26(2,3)13-16(14-29)24(35)32-12-6-7-17(32)15-33-19-9-5-4-8-18(19)30-25(33)31-23(34)21-11-10-20(36-21)22(27)28/h4-5,8-11,13,17,22H,6-7,12,15H2,1-3H3,(H,30,31,34)/t17-/m1/s1. The highest BCUT2D eigenvalue weighted by Gasteiger charge is 2.32. The average Bonchev–Trinajstić information content (AvgIpc) is 3.56. The lowest BCUT2D eigenvalue weighted by Crippen LogP contribution is -2.39. The molecular weight excluding hydrogens is 484 g/mol. The Bertz CT molecular complexity index is 1360. The van der Waals surface area contributed by atoms with Gasteiger partial charge in [0, 0.05) is 13.1 Å². The third kappa shape index (κ3) is 5.46. The lowest BCUT2D eigenvalue weighted by atomic mass is 9.93. The third-order valence-electron chi connectivity index (χ3n) is 5.91. The molecule has 36 heavy (non-hydrogen) atoms. The molecule has 7 nitrogen and oxygen atoms in total. The first-order chi connectivity index (χ1) is 17.1. The smallest absolute Gasteiger partial charge is 0.272 e. The number of carbonyl (C=O) groups is 2. The maximum absolute atomic E-state index is 13.2. The normalized spacial score (nSPS) is 16.5. The molecule has 2 aromatic heterocycles. The molecule has 0 spiro atoms. The predicted octanol–water partition coefficient (Wildman–Crippen LogP) is 5.77. The zero-order valence-electron chi connectivity index (χ0n) is 20.3. The Morgan fingerprint density at radius 1 is 1.28 bits per heavy atom. The molecule has 0 aliphatic carbocycles. The number of rotatable bonds is 6. The van der Waals surface area contributed by atoms with Crippen molar-refractivity contribution in [2.24, 2.45) is 5.41 Å². The van der Waals surface area contributed by atoms with E-state index in [0.717, 1.165) is 29.7 Å². The number of para-hydroxylation sites is 2. The zero-order valence-corrected chi connectivity index (χ0v) is 21.1. The number of hydrogen-bond acceptors (Lipinski definition) is 5. The second-order valence-electron chi connectivity index (χ2n) is 9.82. The number of halogens is 2. The Labute approximate surface area is 212 Å². The van der Waals surface area contributed by atoms with E-state index in [2.05, 4.69) is 16.4 Å². The van der Waals surface area contributed by atoms with Gasteiger partial charge in [-0.2, -0.15) is 5.26 Å². The van der Waals surface area contributed by atoms with Crippen molar-refractivity contribution in [3.63, 3.8) is 0 Å². The molecule has 3 heterocycles. The molecule has 0 saturated carbocycles. The SMILES string of the molecule is CC(C)(C)C=C(C#N)C(=O)N1CCC[C@@H]1Cn1c(NC(=O)c2ccc(C(F)F)s2)nc2ccccc21. The minimum atomic E-state index is -2.64. The Balaban J connectivity index is 1.62. The molecule has 1 N–H and O–H groups in total. The molecular formula is C26H27F2N5O2S. The summed E-state index contributed by atoms with van der Waals surface area (Å²) in [7, 11) is 0. The van der Waals surface area contributed by atoms with Crippen LogP contribution >= 0.6 is 11.3 Å². The van der Waals surface area contributed by atoms with Crippen LogP contribution in [0.3, 0.4) is 0 Å². The number of imidazole rings is 1. The van der Waals surface area contributed by atoms with Crippen molar-refractivity contribution in [1.82, 2.24) is 14.5 Å². The number of nitrogens with one attached hydrogen (secondary N) is 1. The first kappa shape index (κ1) is 25.5. The van der Waals surface area contributed by atoms with E-state index in [1.165, 1.54) is 12.1 Å². The third-order valence-corrected chi connectivity index (χ3v) is 7.00. The summed E-state index contributed by atoms with van der Waals surface area (Å²) in [4.78, 5) is 32.3. The number of benzene rings is 1. The number of alkyl halides is 2. The van der Waals surface area contributed by atoms with E-state index in [1.54, 1.807) is 11.0 Å². The van der Waals surface area contributed by atoms with Crippen LogP contribution in [0.2, 0.25) is 0 Å². The average molecular weight is 512 g/mol. The Kier molecular flexibility index (Phi) is 7.22. The van der Waals surface area contributed by atoms with Crippen molar-refractivity contribution < 1.29 is 18.4 Å². The van der Waals surface area contributed by atoms with E-state index in [4.69, 9.17) is 0 Å². The van der Waals surface area contributed by atoms with E-state index in [9.17, 15) is 23.6 Å². The van der Waals surface area contributed by atoms with Gasteiger partial charge in [0.1, 0.15) is 11.6 Å². The highest BCUT2D eigenvalue weighted by molar-refractivity contribution is 7.14. The van der Waals surface area contributed by atoms with Crippen molar-refractivity contribution in [3.8, 4) is 6.07 Å². The number of anilines is 1. The molecule has 1 aliphatic rings. The monoisotopic (exact) mass is 511 g/mol. The molecule has 3 aromatic rings. The van der Waals surface area contributed by atoms with Crippen LogP contribution in [0.4, 0.5) is 14.7 Å². The van der Waals surface area contributed by atoms with Gasteiger partial charge in [-0.3, -0.25) is 14.9 Å². The number of nitriles is 1. The maximum atomic E-state index is 13.2. The fourth-order valence-corrected chi connectivity index (χ4v) is 5.10. The molecule has 1 atom stereocenters. The molecule has 10 heteroatoms. The number of likely N-dealkylation sites (tertiary alicyclic amines) is 1. The van der Waals surface area contributed by atoms with Crippen LogP contribution in [0.1, 0.15) is 54.6 Å². The first-order valence-corrected chi connectivity index (χ1v) is 12.5. The number of hydrogen-bond donors (Lipinski definition) is 1. The van der Waals surface area contributed by atoms with Crippen molar-refractivity contribution in [2.75, 3.05) is 11.9 Å². The van der Waals surface area contributed by atoms with Gasteiger partial charge in [0.25, 0.3) is 18.2 Å². The minimum absolute atomic E-state index is 0.117. The summed E-state index contributed by atoms with van der Waals surface area (Å²) >= 11 is 0.740. The summed E-state index contributed by atoms with van der Waals surface area (Å²) in [6.07, 6.45) is 0.586. The van der Waals surface area contributed by atoms with Crippen LogP contribution in [-0.4, -0.2) is 38.9 Å². The van der Waals surface area contributed by atoms with Crippen molar-refractivity contribution in [1.29, 1.82) is 5.26 Å². The summed E-state index contributed by atoms with van der Waals surface area (Å²) < 4.78 is 27.8. The van der Waals surface area contributed by atoms with Gasteiger partial charge in [-0.15, -0.1) is 11.3 Å². The fraction of sp³-hybridized carbons (Fsp3) is 0.385. The number of fused-ring (bicyclic) bond motifs is 1. The van der Waals surface area contributed by atoms with E-state index < -0.39 is 12.3 Å². The summed E-state index contributed by atoms with van der Waals surface area (Å²) in [6.45, 7) is 6.70. The van der Waals surface area contributed by atoms with E-state index in [1.807, 2.05) is 49.6 Å². The van der Waals surface area contributed by atoms with E-state index >= 15 is 0 Å². The van der Waals surface area contributed by atoms with Crippen LogP contribution in [0.15, 0.2) is 48.0 Å². The Hall–Kier alpha value is -3.58. The molecule has 4 rings (SSSR count). The van der Waals surface area contributed by atoms with Crippen molar-refractivity contribution in [3.05, 3.63) is 57.8 Å². The van der Waals surface area contributed by atoms with Gasteiger partial charge in [-0.1, -0.05) is 39.0 Å². The van der Waals surface area contributed by atoms with Gasteiger partial charge >= 0.3 is 0 Å². The minimum Gasteiger partial charge on any atom is -0.333 e. The molecule has 0 bridgehead atoms. The Morgan fingerprint density at radius 2 is 2.03 bits per heavy atom. The summed E-state index contributed by atoms with van der Waals surface area (Å²) in [6, 6.07) is 11.9. The lowest BCUT2D eigenvalue weighted by molar-refractivity contribution is -0.127. The van der Waals surface area contributed by atoms with Crippen LogP contribution in [0, 0.1) is 16.7 Å². The number of nitrogens with zero attached hydrogens (tertiary/aromatic N) is 4. The Morgan fingerprint density at radius 3 is 2.69 bits per heavy atom. The largest absolute Gasteiger partial charge is 0.333 e. The van der Waals surface area contributed by atoms with Gasteiger partial charge in [-0.05, 0) is 42.5 Å². The number of thiophene rings is 1. The van der Waals surface area contributed by atoms with E-state index in [-0.39, 0.29) is 38.6 Å². The summed E-state index contributed by atoms with van der Waals surface area (Å²) in [5.41, 5.74) is 1.23. The van der Waals surface area contributed by atoms with Crippen LogP contribution in [0.25, 0.3) is 11.0 Å². The van der Waals surface area contributed by atoms with Gasteiger partial charge < -0.3 is 9.47 Å². The van der Waals surface area contributed by atoms with Crippen molar-refractivity contribution >= 4 is 40.1 Å². The number of allylic oxidation sites excluding steroid dienone is 1. The maximum Gasteiger partial charge on any atom is 0.272 e. The van der Waals surface area contributed by atoms with Crippen LogP contribution in [-0.2, 0) is 11.3 Å². The predicted molar refractivity (Wildman–Crippen MR) is 135 cm³/mol. The fourth-order valence-electron chi connectivity index (χ4n) is 4.34.